The quantitative estimate of drug-likeness (QED) is 0.797. The van der Waals surface area contributed by atoms with Gasteiger partial charge in [-0.3, -0.25) is 4.79 Å². The molecule has 0 unspecified atom stereocenters. The minimum absolute atomic E-state index is 0.209. The van der Waals surface area contributed by atoms with E-state index in [1.807, 2.05) is 30.3 Å². The van der Waals surface area contributed by atoms with E-state index in [1.165, 1.54) is 23.4 Å². The summed E-state index contributed by atoms with van der Waals surface area (Å²) in [4.78, 5) is 22.1. The monoisotopic (exact) mass is 322 g/mol. The highest BCUT2D eigenvalue weighted by atomic mass is 19.1. The lowest BCUT2D eigenvalue weighted by Gasteiger charge is -2.16. The van der Waals surface area contributed by atoms with E-state index in [-0.39, 0.29) is 17.4 Å². The van der Waals surface area contributed by atoms with Crippen LogP contribution in [0.15, 0.2) is 67.0 Å². The molecule has 0 fully saturated rings. The predicted molar refractivity (Wildman–Crippen MR) is 90.9 cm³/mol. The number of hydrogen-bond acceptors (Lipinski definition) is 4. The van der Waals surface area contributed by atoms with Gasteiger partial charge in [0.15, 0.2) is 0 Å². The largest absolute Gasteiger partial charge is 0.337 e. The SMILES string of the molecule is CN(C(=O)c1cnc(Nc2ccccc2F)cn1)c1ccccc1. The van der Waals surface area contributed by atoms with E-state index in [0.717, 1.165) is 5.69 Å². The molecule has 0 bridgehead atoms. The molecule has 6 heteroatoms. The molecule has 5 nitrogen and oxygen atoms in total. The first kappa shape index (κ1) is 15.6. The molecule has 3 rings (SSSR count). The van der Waals surface area contributed by atoms with Crippen LogP contribution >= 0.6 is 0 Å². The number of carbonyl (C=O) groups is 1. The van der Waals surface area contributed by atoms with Gasteiger partial charge in [0, 0.05) is 12.7 Å². The van der Waals surface area contributed by atoms with Gasteiger partial charge in [-0.05, 0) is 24.3 Å². The smallest absolute Gasteiger partial charge is 0.278 e. The van der Waals surface area contributed by atoms with E-state index in [0.29, 0.717) is 11.5 Å². The maximum atomic E-state index is 13.6. The van der Waals surface area contributed by atoms with Crippen LogP contribution in [0.1, 0.15) is 10.5 Å². The molecule has 0 aliphatic rings. The number of carbonyl (C=O) groups excluding carboxylic acids is 1. The third-order valence-corrected chi connectivity index (χ3v) is 3.46. The van der Waals surface area contributed by atoms with Crippen molar-refractivity contribution in [2.45, 2.75) is 0 Å². The second-order valence-corrected chi connectivity index (χ2v) is 5.09. The summed E-state index contributed by atoms with van der Waals surface area (Å²) in [7, 11) is 1.67. The first-order chi connectivity index (χ1) is 11.6. The number of rotatable bonds is 4. The highest BCUT2D eigenvalue weighted by Gasteiger charge is 2.15. The predicted octanol–water partition coefficient (Wildman–Crippen LogP) is 3.64. The summed E-state index contributed by atoms with van der Waals surface area (Å²) < 4.78 is 13.6. The average molecular weight is 322 g/mol. The van der Waals surface area contributed by atoms with Crippen LogP contribution < -0.4 is 10.2 Å². The second kappa shape index (κ2) is 6.87. The van der Waals surface area contributed by atoms with Crippen molar-refractivity contribution < 1.29 is 9.18 Å². The summed E-state index contributed by atoms with van der Waals surface area (Å²) in [5, 5.41) is 2.83. The van der Waals surface area contributed by atoms with E-state index in [2.05, 4.69) is 15.3 Å². The first-order valence-electron chi connectivity index (χ1n) is 7.32. The molecule has 2 aromatic carbocycles. The Kier molecular flexibility index (Phi) is 4.47. The molecule has 0 aliphatic carbocycles. The lowest BCUT2D eigenvalue weighted by Crippen LogP contribution is -2.27. The summed E-state index contributed by atoms with van der Waals surface area (Å²) in [5.74, 6) is -0.298. The Labute approximate surface area is 138 Å². The van der Waals surface area contributed by atoms with E-state index < -0.39 is 0 Å². The van der Waals surface area contributed by atoms with Crippen LogP contribution in [-0.2, 0) is 0 Å². The third-order valence-electron chi connectivity index (χ3n) is 3.46. The van der Waals surface area contributed by atoms with Gasteiger partial charge in [0.2, 0.25) is 0 Å². The molecule has 0 spiro atoms. The van der Waals surface area contributed by atoms with Crippen molar-refractivity contribution in [2.24, 2.45) is 0 Å². The third kappa shape index (κ3) is 3.38. The number of hydrogen-bond donors (Lipinski definition) is 1. The number of nitrogens with one attached hydrogen (secondary N) is 1. The zero-order valence-electron chi connectivity index (χ0n) is 13.0. The van der Waals surface area contributed by atoms with Crippen LogP contribution in [0.4, 0.5) is 21.6 Å². The summed E-state index contributed by atoms with van der Waals surface area (Å²) in [6.45, 7) is 0. The summed E-state index contributed by atoms with van der Waals surface area (Å²) in [5.41, 5.74) is 1.27. The summed E-state index contributed by atoms with van der Waals surface area (Å²) >= 11 is 0. The summed E-state index contributed by atoms with van der Waals surface area (Å²) in [6, 6.07) is 15.5. The van der Waals surface area contributed by atoms with Gasteiger partial charge in [0.1, 0.15) is 17.3 Å². The number of nitrogens with zero attached hydrogens (tertiary/aromatic N) is 3. The van der Waals surface area contributed by atoms with Crippen molar-refractivity contribution in [1.82, 2.24) is 9.97 Å². The van der Waals surface area contributed by atoms with Gasteiger partial charge in [0.25, 0.3) is 5.91 Å². The Hall–Kier alpha value is -3.28. The molecule has 1 N–H and O–H groups in total. The van der Waals surface area contributed by atoms with Gasteiger partial charge in [0.05, 0.1) is 18.1 Å². The highest BCUT2D eigenvalue weighted by Crippen LogP contribution is 2.18. The molecule has 0 saturated heterocycles. The Morgan fingerprint density at radius 3 is 2.38 bits per heavy atom. The number of anilines is 3. The van der Waals surface area contributed by atoms with E-state index in [1.54, 1.807) is 25.2 Å². The Bertz CT molecular complexity index is 837. The highest BCUT2D eigenvalue weighted by molar-refractivity contribution is 6.04. The van der Waals surface area contributed by atoms with Crippen LogP contribution in [0.2, 0.25) is 0 Å². The van der Waals surface area contributed by atoms with Gasteiger partial charge in [-0.15, -0.1) is 0 Å². The standard InChI is InChI=1S/C18H15FN4O/c1-23(13-7-3-2-4-8-13)18(24)16-11-21-17(12-20-16)22-15-10-6-5-9-14(15)19/h2-12H,1H3,(H,21,22). The number of aromatic nitrogens is 2. The zero-order chi connectivity index (χ0) is 16.9. The van der Waals surface area contributed by atoms with E-state index >= 15 is 0 Å². The van der Waals surface area contributed by atoms with E-state index in [9.17, 15) is 9.18 Å². The maximum absolute atomic E-state index is 13.6. The van der Waals surface area contributed by atoms with Gasteiger partial charge in [-0.25, -0.2) is 14.4 Å². The van der Waals surface area contributed by atoms with Crippen LogP contribution in [0.25, 0.3) is 0 Å². The molecule has 24 heavy (non-hydrogen) atoms. The second-order valence-electron chi connectivity index (χ2n) is 5.09. The van der Waals surface area contributed by atoms with Gasteiger partial charge >= 0.3 is 0 Å². The van der Waals surface area contributed by atoms with Crippen LogP contribution in [0.3, 0.4) is 0 Å². The molecule has 0 radical (unpaired) electrons. The number of halogens is 1. The molecule has 0 aliphatic heterocycles. The van der Waals surface area contributed by atoms with Crippen LogP contribution in [-0.4, -0.2) is 22.9 Å². The van der Waals surface area contributed by atoms with Crippen molar-refractivity contribution in [1.29, 1.82) is 0 Å². The fraction of sp³-hybridized carbons (Fsp3) is 0.0556. The minimum atomic E-state index is -0.386. The van der Waals surface area contributed by atoms with Gasteiger partial charge < -0.3 is 10.2 Å². The molecular formula is C18H15FN4O. The van der Waals surface area contributed by atoms with Crippen molar-refractivity contribution in [3.63, 3.8) is 0 Å². The molecule has 3 aromatic rings. The normalized spacial score (nSPS) is 10.2. The molecular weight excluding hydrogens is 307 g/mol. The van der Waals surface area contributed by atoms with Gasteiger partial charge in [-0.2, -0.15) is 0 Å². The Morgan fingerprint density at radius 2 is 1.71 bits per heavy atom. The molecule has 1 aromatic heterocycles. The first-order valence-corrected chi connectivity index (χ1v) is 7.32. The topological polar surface area (TPSA) is 58.1 Å². The van der Waals surface area contributed by atoms with Crippen molar-refractivity contribution in [3.05, 3.63) is 78.5 Å². The maximum Gasteiger partial charge on any atom is 0.278 e. The average Bonchev–Trinajstić information content (AvgIpc) is 2.64. The number of benzene rings is 2. The Balaban J connectivity index is 1.75. The molecule has 0 saturated carbocycles. The minimum Gasteiger partial charge on any atom is -0.337 e. The van der Waals surface area contributed by atoms with Crippen molar-refractivity contribution in [3.8, 4) is 0 Å². The van der Waals surface area contributed by atoms with Gasteiger partial charge in [-0.1, -0.05) is 30.3 Å². The molecule has 1 amide bonds. The fourth-order valence-electron chi connectivity index (χ4n) is 2.14. The van der Waals surface area contributed by atoms with Crippen LogP contribution in [0, 0.1) is 5.82 Å². The zero-order valence-corrected chi connectivity index (χ0v) is 13.0. The van der Waals surface area contributed by atoms with Crippen LogP contribution in [0.5, 0.6) is 0 Å². The van der Waals surface area contributed by atoms with Crippen molar-refractivity contribution in [2.75, 3.05) is 17.3 Å². The Morgan fingerprint density at radius 1 is 1.00 bits per heavy atom. The summed E-state index contributed by atoms with van der Waals surface area (Å²) in [6.07, 6.45) is 2.77. The van der Waals surface area contributed by atoms with E-state index in [4.69, 9.17) is 0 Å². The fourth-order valence-corrected chi connectivity index (χ4v) is 2.14. The molecule has 1 heterocycles. The number of para-hydroxylation sites is 2. The molecule has 120 valence electrons. The molecule has 0 atom stereocenters. The van der Waals surface area contributed by atoms with Crippen molar-refractivity contribution >= 4 is 23.1 Å². The lowest BCUT2D eigenvalue weighted by atomic mass is 10.3. The number of amides is 1. The lowest BCUT2D eigenvalue weighted by molar-refractivity contribution is 0.0988.